The van der Waals surface area contributed by atoms with Gasteiger partial charge in [0, 0.05) is 11.8 Å². The number of benzene rings is 1. The second-order valence-corrected chi connectivity index (χ2v) is 3.40. The smallest absolute Gasteiger partial charge is 0.222 e. The monoisotopic (exact) mass is 220 g/mol. The van der Waals surface area contributed by atoms with Crippen molar-refractivity contribution in [3.05, 3.63) is 47.4 Å². The van der Waals surface area contributed by atoms with Gasteiger partial charge in [-0.2, -0.15) is 0 Å². The first-order valence-corrected chi connectivity index (χ1v) is 4.86. The molecular formula is C11H9ClN2O. The van der Waals surface area contributed by atoms with Crippen molar-refractivity contribution in [1.82, 2.24) is 9.97 Å². The fourth-order valence-corrected chi connectivity index (χ4v) is 1.42. The Morgan fingerprint density at radius 2 is 1.87 bits per heavy atom. The Morgan fingerprint density at radius 1 is 1.13 bits per heavy atom. The highest BCUT2D eigenvalue weighted by molar-refractivity contribution is 6.28. The van der Waals surface area contributed by atoms with Crippen molar-refractivity contribution < 1.29 is 5.11 Å². The molecule has 0 saturated carbocycles. The molecule has 2 rings (SSSR count). The summed E-state index contributed by atoms with van der Waals surface area (Å²) in [5.74, 6) is 0. The summed E-state index contributed by atoms with van der Waals surface area (Å²) in [5, 5.41) is 9.13. The van der Waals surface area contributed by atoms with Crippen LogP contribution in [0.25, 0.3) is 11.3 Å². The van der Waals surface area contributed by atoms with Gasteiger partial charge >= 0.3 is 0 Å². The van der Waals surface area contributed by atoms with Crippen molar-refractivity contribution in [1.29, 1.82) is 0 Å². The van der Waals surface area contributed by atoms with Crippen LogP contribution in [0.15, 0.2) is 36.5 Å². The number of hydrogen-bond acceptors (Lipinski definition) is 3. The van der Waals surface area contributed by atoms with Crippen molar-refractivity contribution in [2.24, 2.45) is 0 Å². The Bertz CT molecular complexity index is 456. The van der Waals surface area contributed by atoms with Crippen LogP contribution in [0, 0.1) is 0 Å². The van der Waals surface area contributed by atoms with Crippen LogP contribution in [0.5, 0.6) is 0 Å². The van der Waals surface area contributed by atoms with Crippen LogP contribution in [-0.4, -0.2) is 15.1 Å². The van der Waals surface area contributed by atoms with Gasteiger partial charge in [-0.3, -0.25) is 0 Å². The number of aromatic nitrogens is 2. The zero-order chi connectivity index (χ0) is 10.7. The number of nitrogens with zero attached hydrogens (tertiary/aromatic N) is 2. The quantitative estimate of drug-likeness (QED) is 0.790. The molecule has 0 bridgehead atoms. The topological polar surface area (TPSA) is 46.0 Å². The van der Waals surface area contributed by atoms with E-state index in [1.54, 1.807) is 12.3 Å². The predicted octanol–water partition coefficient (Wildman–Crippen LogP) is 2.29. The maximum atomic E-state index is 8.90. The normalized spacial score (nSPS) is 10.3. The lowest BCUT2D eigenvalue weighted by Crippen LogP contribution is -1.87. The first kappa shape index (κ1) is 10.1. The first-order valence-electron chi connectivity index (χ1n) is 4.48. The molecule has 1 N–H and O–H groups in total. The molecule has 15 heavy (non-hydrogen) atoms. The maximum Gasteiger partial charge on any atom is 0.222 e. The zero-order valence-electron chi connectivity index (χ0n) is 7.89. The summed E-state index contributed by atoms with van der Waals surface area (Å²) >= 11 is 5.69. The van der Waals surface area contributed by atoms with Crippen LogP contribution in [0.4, 0.5) is 0 Å². The molecule has 0 spiro atoms. The minimum Gasteiger partial charge on any atom is -0.392 e. The molecule has 2 aromatic rings. The SMILES string of the molecule is OCc1ccc(-c2ccnc(Cl)n2)cc1. The highest BCUT2D eigenvalue weighted by Crippen LogP contribution is 2.18. The van der Waals surface area contributed by atoms with E-state index in [4.69, 9.17) is 16.7 Å². The lowest BCUT2D eigenvalue weighted by molar-refractivity contribution is 0.282. The summed E-state index contributed by atoms with van der Waals surface area (Å²) in [7, 11) is 0. The van der Waals surface area contributed by atoms with Gasteiger partial charge in [-0.25, -0.2) is 9.97 Å². The van der Waals surface area contributed by atoms with Gasteiger partial charge in [0.2, 0.25) is 5.28 Å². The lowest BCUT2D eigenvalue weighted by Gasteiger charge is -2.01. The zero-order valence-corrected chi connectivity index (χ0v) is 8.65. The van der Waals surface area contributed by atoms with E-state index < -0.39 is 0 Å². The van der Waals surface area contributed by atoms with Crippen LogP contribution in [0.1, 0.15) is 5.56 Å². The molecule has 0 amide bonds. The molecule has 0 aliphatic heterocycles. The molecule has 0 fully saturated rings. The molecule has 0 saturated heterocycles. The van der Waals surface area contributed by atoms with Crippen molar-refractivity contribution >= 4 is 11.6 Å². The minimum atomic E-state index is 0.0464. The molecule has 76 valence electrons. The summed E-state index contributed by atoms with van der Waals surface area (Å²) in [5.41, 5.74) is 2.61. The molecule has 0 atom stereocenters. The number of rotatable bonds is 2. The van der Waals surface area contributed by atoms with Gasteiger partial charge in [-0.05, 0) is 23.2 Å². The van der Waals surface area contributed by atoms with Crippen LogP contribution in [-0.2, 0) is 6.61 Å². The Morgan fingerprint density at radius 3 is 2.47 bits per heavy atom. The molecule has 0 aliphatic carbocycles. The average molecular weight is 221 g/mol. The van der Waals surface area contributed by atoms with E-state index in [-0.39, 0.29) is 11.9 Å². The standard InChI is InChI=1S/C11H9ClN2O/c12-11-13-6-5-10(14-11)9-3-1-8(7-15)2-4-9/h1-6,15H,7H2. The van der Waals surface area contributed by atoms with Crippen molar-refractivity contribution in [2.45, 2.75) is 6.61 Å². The van der Waals surface area contributed by atoms with E-state index >= 15 is 0 Å². The molecule has 1 aromatic heterocycles. The van der Waals surface area contributed by atoms with Crippen LogP contribution in [0.2, 0.25) is 5.28 Å². The summed E-state index contributed by atoms with van der Waals surface area (Å²) in [6.45, 7) is 0.0464. The van der Waals surface area contributed by atoms with Crippen LogP contribution >= 0.6 is 11.6 Å². The number of aliphatic hydroxyl groups is 1. The minimum absolute atomic E-state index is 0.0464. The highest BCUT2D eigenvalue weighted by Gasteiger charge is 2.00. The van der Waals surface area contributed by atoms with Crippen molar-refractivity contribution in [2.75, 3.05) is 0 Å². The summed E-state index contributed by atoms with van der Waals surface area (Å²) in [6.07, 6.45) is 1.62. The third kappa shape index (κ3) is 2.32. The van der Waals surface area contributed by atoms with E-state index in [0.29, 0.717) is 0 Å². The second-order valence-electron chi connectivity index (χ2n) is 3.07. The van der Waals surface area contributed by atoms with Gasteiger partial charge < -0.3 is 5.11 Å². The first-order chi connectivity index (χ1) is 7.29. The molecule has 0 radical (unpaired) electrons. The summed E-state index contributed by atoms with van der Waals surface area (Å²) in [6, 6.07) is 9.28. The molecule has 4 heteroatoms. The van der Waals surface area contributed by atoms with Crippen LogP contribution in [0.3, 0.4) is 0 Å². The lowest BCUT2D eigenvalue weighted by atomic mass is 10.1. The van der Waals surface area contributed by atoms with Gasteiger partial charge in [0.1, 0.15) is 0 Å². The van der Waals surface area contributed by atoms with E-state index in [2.05, 4.69) is 9.97 Å². The Balaban J connectivity index is 2.37. The Kier molecular flexibility index (Phi) is 2.94. The van der Waals surface area contributed by atoms with Crippen LogP contribution < -0.4 is 0 Å². The number of aliphatic hydroxyl groups excluding tert-OH is 1. The third-order valence-corrected chi connectivity index (χ3v) is 2.24. The Hall–Kier alpha value is -1.45. The van der Waals surface area contributed by atoms with E-state index in [1.807, 2.05) is 24.3 Å². The average Bonchev–Trinajstić information content (AvgIpc) is 2.29. The molecule has 0 unspecified atom stereocenters. The molecule has 1 heterocycles. The molecule has 3 nitrogen and oxygen atoms in total. The predicted molar refractivity (Wildman–Crippen MR) is 58.4 cm³/mol. The Labute approximate surface area is 92.4 Å². The van der Waals surface area contributed by atoms with E-state index in [0.717, 1.165) is 16.8 Å². The van der Waals surface area contributed by atoms with E-state index in [9.17, 15) is 0 Å². The largest absolute Gasteiger partial charge is 0.392 e. The van der Waals surface area contributed by atoms with Gasteiger partial charge in [0.05, 0.1) is 12.3 Å². The second kappa shape index (κ2) is 4.38. The molecular weight excluding hydrogens is 212 g/mol. The fourth-order valence-electron chi connectivity index (χ4n) is 1.28. The number of halogens is 1. The van der Waals surface area contributed by atoms with Gasteiger partial charge in [-0.15, -0.1) is 0 Å². The molecule has 1 aromatic carbocycles. The summed E-state index contributed by atoms with van der Waals surface area (Å²) in [4.78, 5) is 7.90. The summed E-state index contributed by atoms with van der Waals surface area (Å²) < 4.78 is 0. The fraction of sp³-hybridized carbons (Fsp3) is 0.0909. The highest BCUT2D eigenvalue weighted by atomic mass is 35.5. The van der Waals surface area contributed by atoms with Crippen molar-refractivity contribution in [3.63, 3.8) is 0 Å². The van der Waals surface area contributed by atoms with Gasteiger partial charge in [-0.1, -0.05) is 24.3 Å². The maximum absolute atomic E-state index is 8.90. The van der Waals surface area contributed by atoms with Crippen molar-refractivity contribution in [3.8, 4) is 11.3 Å². The number of hydrogen-bond donors (Lipinski definition) is 1. The van der Waals surface area contributed by atoms with Gasteiger partial charge in [0.25, 0.3) is 0 Å². The third-order valence-electron chi connectivity index (χ3n) is 2.06. The molecule has 0 aliphatic rings. The van der Waals surface area contributed by atoms with E-state index in [1.165, 1.54) is 0 Å². The van der Waals surface area contributed by atoms with Gasteiger partial charge in [0.15, 0.2) is 0 Å².